The number of carbonyl (C=O) groups is 1. The number of halogens is 1. The molecule has 0 bridgehead atoms. The fraction of sp³-hybridized carbons (Fsp3) is 0.417. The average molecular weight is 923 g/mol. The van der Waals surface area contributed by atoms with Crippen molar-refractivity contribution in [1.82, 2.24) is 20.0 Å². The first-order valence-corrected chi connectivity index (χ1v) is 24.1. The highest BCUT2D eigenvalue weighted by Crippen LogP contribution is 2.45. The maximum absolute atomic E-state index is 14.7. The summed E-state index contributed by atoms with van der Waals surface area (Å²) in [7, 11) is -1.81. The average Bonchev–Trinajstić information content (AvgIpc) is 3.78. The zero-order valence-corrected chi connectivity index (χ0v) is 38.8. The molecule has 1 unspecified atom stereocenters. The highest BCUT2D eigenvalue weighted by atomic mass is 35.5. The molecule has 1 aliphatic carbocycles. The van der Waals surface area contributed by atoms with Gasteiger partial charge in [-0.3, -0.25) is 19.8 Å². The van der Waals surface area contributed by atoms with E-state index in [1.165, 1.54) is 29.2 Å². The lowest BCUT2D eigenvalue weighted by Gasteiger charge is -2.40. The van der Waals surface area contributed by atoms with E-state index in [9.17, 15) is 14.9 Å². The molecule has 4 aliphatic rings. The summed E-state index contributed by atoms with van der Waals surface area (Å²) in [6.07, 6.45) is 4.93. The number of nitrogens with zero attached hydrogens (tertiary/aromatic N) is 5. The number of H-pyrrole nitrogens is 1. The minimum Gasteiger partial charge on any atom is -0.474 e. The van der Waals surface area contributed by atoms with Gasteiger partial charge in [-0.15, -0.1) is 0 Å². The van der Waals surface area contributed by atoms with Gasteiger partial charge in [0.25, 0.3) is 11.6 Å². The van der Waals surface area contributed by atoms with Gasteiger partial charge in [-0.05, 0) is 97.3 Å². The van der Waals surface area contributed by atoms with Crippen LogP contribution in [0.4, 0.5) is 28.4 Å². The Morgan fingerprint density at radius 2 is 1.85 bits per heavy atom. The van der Waals surface area contributed by atoms with Gasteiger partial charge >= 0.3 is 0 Å². The molecule has 5 heterocycles. The maximum Gasteiger partial charge on any atom is 0.293 e. The number of ether oxygens (including phenoxy) is 3. The summed E-state index contributed by atoms with van der Waals surface area (Å²) in [4.78, 5) is 41.6. The van der Waals surface area contributed by atoms with Crippen molar-refractivity contribution in [2.45, 2.75) is 46.1 Å². The van der Waals surface area contributed by atoms with Crippen molar-refractivity contribution in [2.24, 2.45) is 5.41 Å². The number of rotatable bonds is 14. The second kappa shape index (κ2) is 19.7. The number of hydrogen-bond acceptors (Lipinski definition) is 12. The summed E-state index contributed by atoms with van der Waals surface area (Å²) < 4.78 is 23.4. The number of aromatic amines is 1. The van der Waals surface area contributed by atoms with Gasteiger partial charge in [0, 0.05) is 72.9 Å². The zero-order valence-electron chi connectivity index (χ0n) is 37.1. The van der Waals surface area contributed by atoms with Crippen molar-refractivity contribution in [3.05, 3.63) is 111 Å². The molecule has 65 heavy (non-hydrogen) atoms. The van der Waals surface area contributed by atoms with Gasteiger partial charge in [0.15, 0.2) is 8.30 Å². The molecule has 2 aromatic heterocycles. The molecule has 3 aliphatic heterocycles. The third-order valence-electron chi connectivity index (χ3n) is 12.7. The molecule has 3 N–H and O–H groups in total. The van der Waals surface area contributed by atoms with Crippen molar-refractivity contribution in [3.8, 4) is 5.88 Å². The third kappa shape index (κ3) is 10.3. The Balaban J connectivity index is 0.977. The van der Waals surface area contributed by atoms with Crippen LogP contribution in [0.1, 0.15) is 56.0 Å². The van der Waals surface area contributed by atoms with Gasteiger partial charge in [0.1, 0.15) is 23.6 Å². The largest absolute Gasteiger partial charge is 0.474 e. The Morgan fingerprint density at radius 3 is 2.62 bits per heavy atom. The minimum absolute atomic E-state index is 0.124. The van der Waals surface area contributed by atoms with Gasteiger partial charge in [0.2, 0.25) is 5.88 Å². The highest BCUT2D eigenvalue weighted by molar-refractivity contribution is 7.59. The molecule has 3 aromatic carbocycles. The van der Waals surface area contributed by atoms with Crippen LogP contribution in [-0.2, 0) is 14.0 Å². The second-order valence-electron chi connectivity index (χ2n) is 17.7. The van der Waals surface area contributed by atoms with Gasteiger partial charge in [-0.2, -0.15) is 4.98 Å². The Labute approximate surface area is 385 Å². The van der Waals surface area contributed by atoms with E-state index >= 15 is 0 Å². The molecule has 2 saturated heterocycles. The molecule has 2 atom stereocenters. The molecule has 17 heteroatoms. The quantitative estimate of drug-likeness (QED) is 0.0554. The summed E-state index contributed by atoms with van der Waals surface area (Å²) in [5.74, 6) is 0.120. The summed E-state index contributed by atoms with van der Waals surface area (Å²) >= 11 is 6.29. The van der Waals surface area contributed by atoms with Crippen LogP contribution < -0.4 is 30.2 Å². The number of piperazine rings is 1. The number of anilines is 4. The van der Waals surface area contributed by atoms with Crippen LogP contribution in [0.3, 0.4) is 0 Å². The van der Waals surface area contributed by atoms with Gasteiger partial charge in [-0.25, -0.2) is 0 Å². The van der Waals surface area contributed by atoms with E-state index in [0.29, 0.717) is 67.6 Å². The van der Waals surface area contributed by atoms with E-state index in [1.54, 1.807) is 12.1 Å². The molecule has 15 nitrogen and oxygen atoms in total. The van der Waals surface area contributed by atoms with E-state index < -0.39 is 13.2 Å². The number of amides is 1. The number of nitrogens with one attached hydrogen (secondary N) is 3. The molecule has 0 saturated carbocycles. The third-order valence-corrected chi connectivity index (χ3v) is 14.6. The van der Waals surface area contributed by atoms with Crippen LogP contribution in [0.25, 0.3) is 16.6 Å². The monoisotopic (exact) mass is 922 g/mol. The SMILES string of the molecule is CCOP(NC(=O)c1ccc(N2CCN(CC3=C(c4ccc(Cl)cc4)CC(C)(C)CC3)CC2)cc1N1CCOc2nc3[nH]ccc3cc21)c1ccc(NC[C@H]2COCCO2)c([N+](=O)[O-])c1. The van der Waals surface area contributed by atoms with Gasteiger partial charge < -0.3 is 43.9 Å². The Bertz CT molecular complexity index is 2560. The van der Waals surface area contributed by atoms with Crippen LogP contribution in [0.2, 0.25) is 5.02 Å². The Hall–Kier alpha value is -5.28. The van der Waals surface area contributed by atoms with Crippen molar-refractivity contribution in [1.29, 1.82) is 0 Å². The molecule has 5 aromatic rings. The van der Waals surface area contributed by atoms with Crippen molar-refractivity contribution in [3.63, 3.8) is 0 Å². The van der Waals surface area contributed by atoms with Crippen molar-refractivity contribution in [2.75, 3.05) is 94.0 Å². The molecular weight excluding hydrogens is 867 g/mol. The first kappa shape index (κ1) is 44.9. The van der Waals surface area contributed by atoms with Crippen molar-refractivity contribution >= 4 is 76.2 Å². The number of nitro benzene ring substituents is 1. The van der Waals surface area contributed by atoms with Crippen molar-refractivity contribution < 1.29 is 28.5 Å². The molecule has 2 fully saturated rings. The molecule has 9 rings (SSSR count). The molecular formula is C48H56ClN8O7P. The number of hydrogen-bond donors (Lipinski definition) is 3. The van der Waals surface area contributed by atoms with Crippen LogP contribution in [0.15, 0.2) is 84.6 Å². The number of pyridine rings is 1. The summed E-state index contributed by atoms with van der Waals surface area (Å²) in [6.45, 7) is 13.9. The molecule has 0 radical (unpaired) electrons. The number of fused-ring (bicyclic) bond motifs is 2. The smallest absolute Gasteiger partial charge is 0.293 e. The van der Waals surface area contributed by atoms with E-state index in [-0.39, 0.29) is 29.7 Å². The topological polar surface area (TPSA) is 160 Å². The summed E-state index contributed by atoms with van der Waals surface area (Å²) in [5, 5.41) is 20.8. The predicted molar refractivity (Wildman–Crippen MR) is 257 cm³/mol. The van der Waals surface area contributed by atoms with E-state index in [1.807, 2.05) is 49.5 Å². The summed E-state index contributed by atoms with van der Waals surface area (Å²) in [6, 6.07) is 23.2. The minimum atomic E-state index is -1.81. The van der Waals surface area contributed by atoms with Crippen LogP contribution in [0.5, 0.6) is 5.88 Å². The van der Waals surface area contributed by atoms with Gasteiger partial charge in [-0.1, -0.05) is 43.2 Å². The van der Waals surface area contributed by atoms with E-state index in [0.717, 1.165) is 73.0 Å². The van der Waals surface area contributed by atoms with Gasteiger partial charge in [0.05, 0.1) is 55.3 Å². The number of allylic oxidation sites excluding steroid dienone is 1. The van der Waals surface area contributed by atoms with E-state index in [2.05, 4.69) is 62.1 Å². The van der Waals surface area contributed by atoms with Crippen LogP contribution in [-0.4, -0.2) is 111 Å². The van der Waals surface area contributed by atoms with Crippen LogP contribution in [0, 0.1) is 15.5 Å². The zero-order chi connectivity index (χ0) is 45.1. The van der Waals surface area contributed by atoms with E-state index in [4.69, 9.17) is 35.3 Å². The molecule has 0 spiro atoms. The first-order chi connectivity index (χ1) is 31.5. The van der Waals surface area contributed by atoms with Crippen LogP contribution >= 0.6 is 19.9 Å². The fourth-order valence-electron chi connectivity index (χ4n) is 9.17. The normalized spacial score (nSPS) is 19.4. The fourth-order valence-corrected chi connectivity index (χ4v) is 10.6. The lowest BCUT2D eigenvalue weighted by Crippen LogP contribution is -2.47. The predicted octanol–water partition coefficient (Wildman–Crippen LogP) is 8.67. The Morgan fingerprint density at radius 1 is 1.02 bits per heavy atom. The molecule has 342 valence electrons. The maximum atomic E-state index is 14.7. The number of benzene rings is 3. The summed E-state index contributed by atoms with van der Waals surface area (Å²) in [5.41, 5.74) is 8.34. The number of carbonyl (C=O) groups excluding carboxylic acids is 1. The molecule has 1 amide bonds. The highest BCUT2D eigenvalue weighted by Gasteiger charge is 2.32. The number of aromatic nitrogens is 2. The number of nitro groups is 1. The second-order valence-corrected chi connectivity index (χ2v) is 19.7. The first-order valence-electron chi connectivity index (χ1n) is 22.4. The Kier molecular flexibility index (Phi) is 13.6. The standard InChI is InChI=1S/C48H56ClN8O7P/c1-4-64-65(38-10-12-41(43(27-38)57(59)60)51-29-37-31-61-23-24-62-37)53-46(58)39-11-9-36(26-42(39)56-21-22-63-47-44(56)25-33-14-16-50-45(33)52-47)55-19-17-54(18-20-55)30-34-13-15-48(2,3)28-40(34)32-5-7-35(49)8-6-32/h5-12,14,16,25-27,37,51H,4,13,15,17-24,28-31H2,1-3H3,(H,50,52)(H,53,58)/t37-,65?/m0/s1. The lowest BCUT2D eigenvalue weighted by molar-refractivity contribution is -0.383. The lowest BCUT2D eigenvalue weighted by atomic mass is 9.72.